The van der Waals surface area contributed by atoms with Gasteiger partial charge in [-0.2, -0.15) is 0 Å². The minimum Gasteiger partial charge on any atom is -0.427 e. The maximum absolute atomic E-state index is 13.3. The van der Waals surface area contributed by atoms with E-state index in [0.717, 1.165) is 21.9 Å². The molecular formula is C25H28N6O7S3. The summed E-state index contributed by atoms with van der Waals surface area (Å²) in [5.41, 5.74) is 8.03. The fraction of sp³-hybridized carbons (Fsp3) is 0.400. The molecule has 2 atom stereocenters. The molecule has 41 heavy (non-hydrogen) atoms. The fourth-order valence-electron chi connectivity index (χ4n) is 3.73. The Morgan fingerprint density at radius 3 is 2.61 bits per heavy atom. The molecule has 0 bridgehead atoms. The van der Waals surface area contributed by atoms with E-state index in [0.29, 0.717) is 11.3 Å². The monoisotopic (exact) mass is 620 g/mol. The van der Waals surface area contributed by atoms with Crippen LogP contribution in [-0.2, 0) is 33.5 Å². The van der Waals surface area contributed by atoms with E-state index in [1.165, 1.54) is 35.1 Å². The van der Waals surface area contributed by atoms with Crippen LogP contribution in [0.25, 0.3) is 6.08 Å². The van der Waals surface area contributed by atoms with Crippen LogP contribution in [0.15, 0.2) is 33.4 Å². The van der Waals surface area contributed by atoms with Crippen molar-refractivity contribution in [2.45, 2.75) is 39.1 Å². The average Bonchev–Trinajstić information content (AvgIpc) is 3.54. The Hall–Kier alpha value is -3.76. The highest BCUT2D eigenvalue weighted by molar-refractivity contribution is 8.00. The highest BCUT2D eigenvalue weighted by Gasteiger charge is 2.54. The van der Waals surface area contributed by atoms with Gasteiger partial charge in [0.15, 0.2) is 10.8 Å². The Kier molecular flexibility index (Phi) is 9.14. The first-order valence-corrected chi connectivity index (χ1v) is 15.0. The van der Waals surface area contributed by atoms with Crippen LogP contribution in [0.1, 0.15) is 37.0 Å². The molecule has 0 saturated carbocycles. The van der Waals surface area contributed by atoms with Crippen molar-refractivity contribution in [1.29, 1.82) is 0 Å². The topological polar surface area (TPSA) is 175 Å². The summed E-state index contributed by atoms with van der Waals surface area (Å²) < 4.78 is 10.3. The number of oxime groups is 1. The molecule has 4 heterocycles. The van der Waals surface area contributed by atoms with Crippen molar-refractivity contribution in [3.8, 4) is 0 Å². The second kappa shape index (κ2) is 12.4. The van der Waals surface area contributed by atoms with Crippen LogP contribution in [-0.4, -0.2) is 75.4 Å². The van der Waals surface area contributed by atoms with Crippen LogP contribution in [0.5, 0.6) is 0 Å². The molecule has 218 valence electrons. The van der Waals surface area contributed by atoms with E-state index in [4.69, 9.17) is 20.0 Å². The third kappa shape index (κ3) is 6.60. The minimum absolute atomic E-state index is 0.00697. The van der Waals surface area contributed by atoms with Crippen molar-refractivity contribution in [1.82, 2.24) is 20.2 Å². The normalized spacial score (nSPS) is 19.1. The molecule has 2 aliphatic heterocycles. The third-order valence-electron chi connectivity index (χ3n) is 5.85. The summed E-state index contributed by atoms with van der Waals surface area (Å²) in [6.07, 6.45) is 3.55. The number of amides is 2. The van der Waals surface area contributed by atoms with Crippen molar-refractivity contribution in [2.75, 3.05) is 25.4 Å². The summed E-state index contributed by atoms with van der Waals surface area (Å²) in [5.74, 6) is -2.26. The van der Waals surface area contributed by atoms with Gasteiger partial charge in [-0.15, -0.1) is 34.4 Å². The summed E-state index contributed by atoms with van der Waals surface area (Å²) in [5, 5.41) is 7.59. The number of aromatic nitrogens is 2. The fourth-order valence-corrected chi connectivity index (χ4v) is 6.29. The number of fused-ring (bicyclic) bond motifs is 1. The first kappa shape index (κ1) is 30.2. The van der Waals surface area contributed by atoms with E-state index in [9.17, 15) is 19.2 Å². The second-order valence-electron chi connectivity index (χ2n) is 9.80. The second-order valence-corrected chi connectivity index (χ2v) is 12.7. The lowest BCUT2D eigenvalue weighted by Gasteiger charge is -2.49. The number of allylic oxidation sites excluding steroid dienone is 1. The number of thioether (sulfide) groups is 1. The number of thiazole rings is 2. The molecule has 0 radical (unpaired) electrons. The third-order valence-corrected chi connectivity index (χ3v) is 8.72. The molecule has 0 unspecified atom stereocenters. The summed E-state index contributed by atoms with van der Waals surface area (Å²) in [7, 11) is 1.28. The van der Waals surface area contributed by atoms with Gasteiger partial charge in [-0.3, -0.25) is 19.3 Å². The van der Waals surface area contributed by atoms with E-state index in [2.05, 4.69) is 20.4 Å². The van der Waals surface area contributed by atoms with Crippen LogP contribution >= 0.6 is 34.4 Å². The Balaban J connectivity index is 1.55. The summed E-state index contributed by atoms with van der Waals surface area (Å²) in [6, 6.07) is -0.957. The van der Waals surface area contributed by atoms with Crippen molar-refractivity contribution in [3.63, 3.8) is 0 Å². The lowest BCUT2D eigenvalue weighted by atomic mass is 9.98. The van der Waals surface area contributed by atoms with E-state index < -0.39 is 47.4 Å². The number of ether oxygens (including phenoxy) is 2. The lowest BCUT2D eigenvalue weighted by molar-refractivity contribution is -0.173. The molecule has 16 heteroatoms. The van der Waals surface area contributed by atoms with E-state index in [-0.39, 0.29) is 22.2 Å². The lowest BCUT2D eigenvalue weighted by Crippen LogP contribution is -2.71. The van der Waals surface area contributed by atoms with E-state index in [1.807, 2.05) is 13.0 Å². The smallest absolute Gasteiger partial charge is 0.358 e. The van der Waals surface area contributed by atoms with Crippen molar-refractivity contribution in [3.05, 3.63) is 44.5 Å². The number of aryl methyl sites for hydroxylation is 1. The summed E-state index contributed by atoms with van der Waals surface area (Å²) >= 11 is 3.92. The molecule has 1 saturated heterocycles. The Morgan fingerprint density at radius 1 is 1.24 bits per heavy atom. The SMILES string of the molecule is CO/N=C(/C(=O)N[C@@H]1C(=O)N2C(C(=O)OCOC(=O)C(C)(C)C)=C(/C=C/c3scnc3C)CS[C@H]12)c1csc(N)n1. The number of rotatable bonds is 9. The molecule has 4 rings (SSSR count). The molecule has 3 N–H and O–H groups in total. The molecular weight excluding hydrogens is 593 g/mol. The zero-order valence-electron chi connectivity index (χ0n) is 22.8. The van der Waals surface area contributed by atoms with Crippen LogP contribution in [0, 0.1) is 12.3 Å². The van der Waals surface area contributed by atoms with E-state index >= 15 is 0 Å². The first-order chi connectivity index (χ1) is 19.4. The molecule has 2 aromatic heterocycles. The number of carbonyl (C=O) groups excluding carboxylic acids is 4. The van der Waals surface area contributed by atoms with Crippen molar-refractivity contribution < 1.29 is 33.5 Å². The summed E-state index contributed by atoms with van der Waals surface area (Å²) in [6.45, 7) is 6.27. The predicted molar refractivity (Wildman–Crippen MR) is 155 cm³/mol. The number of anilines is 1. The van der Waals surface area contributed by atoms with Gasteiger partial charge in [-0.1, -0.05) is 11.2 Å². The van der Waals surface area contributed by atoms with Crippen LogP contribution in [0.3, 0.4) is 0 Å². The number of nitrogens with one attached hydrogen (secondary N) is 1. The predicted octanol–water partition coefficient (Wildman–Crippen LogP) is 2.30. The number of nitrogen functional groups attached to an aromatic ring is 1. The van der Waals surface area contributed by atoms with Crippen LogP contribution < -0.4 is 11.1 Å². The maximum Gasteiger partial charge on any atom is 0.358 e. The zero-order chi connectivity index (χ0) is 29.9. The van der Waals surface area contributed by atoms with Gasteiger partial charge in [0.2, 0.25) is 6.79 Å². The maximum atomic E-state index is 13.3. The number of nitrogens with zero attached hydrogens (tertiary/aromatic N) is 4. The minimum atomic E-state index is -0.957. The number of nitrogens with two attached hydrogens (primary N) is 1. The Bertz CT molecular complexity index is 1460. The summed E-state index contributed by atoms with van der Waals surface area (Å²) in [4.78, 5) is 67.0. The Morgan fingerprint density at radius 2 is 2.00 bits per heavy atom. The molecule has 2 amide bonds. The zero-order valence-corrected chi connectivity index (χ0v) is 25.3. The van der Waals surface area contributed by atoms with Gasteiger partial charge < -0.3 is 25.4 Å². The number of hydrogen-bond donors (Lipinski definition) is 2. The molecule has 0 aliphatic carbocycles. The molecule has 1 fully saturated rings. The molecule has 2 aromatic rings. The van der Waals surface area contributed by atoms with Gasteiger partial charge in [0, 0.05) is 16.0 Å². The number of esters is 2. The van der Waals surface area contributed by atoms with Gasteiger partial charge in [0.1, 0.15) is 29.9 Å². The molecule has 13 nitrogen and oxygen atoms in total. The molecule has 0 aromatic carbocycles. The van der Waals surface area contributed by atoms with Gasteiger partial charge in [-0.05, 0) is 39.3 Å². The van der Waals surface area contributed by atoms with Crippen LogP contribution in [0.2, 0.25) is 0 Å². The quantitative estimate of drug-likeness (QED) is 0.138. The van der Waals surface area contributed by atoms with Crippen LogP contribution in [0.4, 0.5) is 5.13 Å². The Labute approximate surface area is 247 Å². The first-order valence-electron chi connectivity index (χ1n) is 12.2. The van der Waals surface area contributed by atoms with Gasteiger partial charge in [0.05, 0.1) is 16.6 Å². The largest absolute Gasteiger partial charge is 0.427 e. The van der Waals surface area contributed by atoms with Gasteiger partial charge >= 0.3 is 11.9 Å². The number of carbonyl (C=O) groups is 4. The van der Waals surface area contributed by atoms with Crippen molar-refractivity contribution >= 4 is 75.1 Å². The average molecular weight is 621 g/mol. The standard InChI is InChI=1S/C25H28N6O7S3/c1-12-15(41-10-27-12)7-6-13-8-39-21-17(29-19(32)16(30-36-5)14-9-40-24(26)28-14)20(33)31(21)18(13)22(34)37-11-38-23(35)25(2,3)4/h6-7,9-10,17,21H,8,11H2,1-5H3,(H2,26,28)(H,29,32)/b7-6+,30-16+/t17-,21-/m1/s1. The molecule has 0 spiro atoms. The highest BCUT2D eigenvalue weighted by Crippen LogP contribution is 2.41. The van der Waals surface area contributed by atoms with Gasteiger partial charge in [0.25, 0.3) is 11.8 Å². The molecule has 2 aliphatic rings. The van der Waals surface area contributed by atoms with Gasteiger partial charge in [-0.25, -0.2) is 14.8 Å². The number of hydrogen-bond acceptors (Lipinski definition) is 14. The van der Waals surface area contributed by atoms with Crippen molar-refractivity contribution in [2.24, 2.45) is 10.6 Å². The highest BCUT2D eigenvalue weighted by atomic mass is 32.2. The van der Waals surface area contributed by atoms with E-state index in [1.54, 1.807) is 37.7 Å². The number of β-lactam (4-membered cyclic amide) rings is 1.